The third-order valence-electron chi connectivity index (χ3n) is 4.75. The second-order valence-electron chi connectivity index (χ2n) is 6.72. The number of hydrogen-bond donors (Lipinski definition) is 0. The zero-order valence-electron chi connectivity index (χ0n) is 16.4. The van der Waals surface area contributed by atoms with E-state index in [-0.39, 0.29) is 18.6 Å². The number of piperidine rings is 1. The van der Waals surface area contributed by atoms with Crippen LogP contribution < -0.4 is 4.74 Å². The Labute approximate surface area is 164 Å². The van der Waals surface area contributed by atoms with Gasteiger partial charge in [0, 0.05) is 13.7 Å². The number of nitrogens with zero attached hydrogens (tertiary/aromatic N) is 3. The van der Waals surface area contributed by atoms with Crippen LogP contribution in [0.15, 0.2) is 28.8 Å². The highest BCUT2D eigenvalue weighted by molar-refractivity contribution is 5.79. The Morgan fingerprint density at radius 2 is 2.18 bits per heavy atom. The highest BCUT2D eigenvalue weighted by Gasteiger charge is 2.31. The molecule has 1 aliphatic rings. The van der Waals surface area contributed by atoms with Crippen LogP contribution in [0.2, 0.25) is 0 Å². The van der Waals surface area contributed by atoms with Crippen LogP contribution in [0.25, 0.3) is 0 Å². The summed E-state index contributed by atoms with van der Waals surface area (Å²) in [6, 6.07) is 7.42. The molecule has 1 aromatic carbocycles. The molecule has 1 aliphatic heterocycles. The highest BCUT2D eigenvalue weighted by atomic mass is 16.5. The summed E-state index contributed by atoms with van der Waals surface area (Å²) in [6.07, 6.45) is 3.15. The summed E-state index contributed by atoms with van der Waals surface area (Å²) < 4.78 is 20.9. The van der Waals surface area contributed by atoms with E-state index in [1.807, 2.05) is 29.2 Å². The smallest absolute Gasteiger partial charge is 0.252 e. The summed E-state index contributed by atoms with van der Waals surface area (Å²) in [6.45, 7) is 1.90. The Balaban J connectivity index is 1.64. The summed E-state index contributed by atoms with van der Waals surface area (Å²) in [5.74, 6) is 1.76. The average Bonchev–Trinajstić information content (AvgIpc) is 3.20. The summed E-state index contributed by atoms with van der Waals surface area (Å²) in [4.78, 5) is 19.3. The van der Waals surface area contributed by atoms with E-state index in [1.54, 1.807) is 14.2 Å². The van der Waals surface area contributed by atoms with Crippen LogP contribution in [0.3, 0.4) is 0 Å². The number of aromatic nitrogens is 2. The van der Waals surface area contributed by atoms with E-state index in [1.165, 1.54) is 0 Å². The van der Waals surface area contributed by atoms with Crippen LogP contribution >= 0.6 is 0 Å². The molecule has 2 heterocycles. The van der Waals surface area contributed by atoms with E-state index >= 15 is 0 Å². The summed E-state index contributed by atoms with van der Waals surface area (Å²) in [5.41, 5.74) is 0.925. The molecule has 1 saturated heterocycles. The molecule has 28 heavy (non-hydrogen) atoms. The largest absolute Gasteiger partial charge is 0.497 e. The van der Waals surface area contributed by atoms with Crippen molar-refractivity contribution in [3.05, 3.63) is 41.5 Å². The van der Waals surface area contributed by atoms with Crippen LogP contribution in [-0.2, 0) is 27.3 Å². The molecule has 0 saturated carbocycles. The van der Waals surface area contributed by atoms with Crippen molar-refractivity contribution in [2.75, 3.05) is 34.0 Å². The van der Waals surface area contributed by atoms with Crippen LogP contribution in [0.1, 0.15) is 42.6 Å². The minimum atomic E-state index is -0.164. The first kappa shape index (κ1) is 20.3. The number of carbonyl (C=O) groups excluding carboxylic acids is 1. The first-order chi connectivity index (χ1) is 13.7. The number of benzene rings is 1. The van der Waals surface area contributed by atoms with Crippen molar-refractivity contribution in [1.29, 1.82) is 0 Å². The lowest BCUT2D eigenvalue weighted by atomic mass is 10.00. The van der Waals surface area contributed by atoms with Crippen LogP contribution in [-0.4, -0.2) is 54.9 Å². The number of ether oxygens (including phenoxy) is 3. The van der Waals surface area contributed by atoms with Crippen LogP contribution in [0, 0.1) is 0 Å². The lowest BCUT2D eigenvalue weighted by molar-refractivity contribution is -0.134. The Hall–Kier alpha value is -2.45. The Morgan fingerprint density at radius 3 is 3.00 bits per heavy atom. The highest BCUT2D eigenvalue weighted by Crippen LogP contribution is 2.30. The standard InChI is InChI=1S/C20H27N3O5/c1-25-10-11-27-14-18-21-20(22-28-18)17-8-3-4-9-23(17)19(24)13-15-6-5-7-16(12-15)26-2/h5-7,12,17H,3-4,8-11,13-14H2,1-2H3. The average molecular weight is 389 g/mol. The van der Waals surface area contributed by atoms with E-state index in [0.29, 0.717) is 37.9 Å². The van der Waals surface area contributed by atoms with Gasteiger partial charge in [0.1, 0.15) is 12.4 Å². The second-order valence-corrected chi connectivity index (χ2v) is 6.72. The van der Waals surface area contributed by atoms with Gasteiger partial charge in [0.15, 0.2) is 5.82 Å². The third-order valence-corrected chi connectivity index (χ3v) is 4.75. The molecule has 0 N–H and O–H groups in total. The molecule has 1 unspecified atom stereocenters. The second kappa shape index (κ2) is 10.2. The molecule has 1 fully saturated rings. The van der Waals surface area contributed by atoms with Crippen molar-refractivity contribution in [2.24, 2.45) is 0 Å². The summed E-state index contributed by atoms with van der Waals surface area (Å²) in [7, 11) is 3.24. The maximum absolute atomic E-state index is 13.0. The molecule has 1 atom stereocenters. The maximum atomic E-state index is 13.0. The zero-order valence-corrected chi connectivity index (χ0v) is 16.4. The van der Waals surface area contributed by atoms with Gasteiger partial charge in [0.25, 0.3) is 5.89 Å². The molecule has 0 aliphatic carbocycles. The van der Waals surface area contributed by atoms with E-state index in [0.717, 1.165) is 30.6 Å². The molecule has 8 nitrogen and oxygen atoms in total. The van der Waals surface area contributed by atoms with Gasteiger partial charge >= 0.3 is 0 Å². The number of hydrogen-bond acceptors (Lipinski definition) is 7. The third kappa shape index (κ3) is 5.30. The van der Waals surface area contributed by atoms with Gasteiger partial charge in [-0.1, -0.05) is 17.3 Å². The topological polar surface area (TPSA) is 86.9 Å². The van der Waals surface area contributed by atoms with Crippen molar-refractivity contribution in [3.63, 3.8) is 0 Å². The van der Waals surface area contributed by atoms with E-state index in [4.69, 9.17) is 18.7 Å². The van der Waals surface area contributed by atoms with Gasteiger partial charge in [0.05, 0.1) is 32.8 Å². The van der Waals surface area contributed by atoms with Gasteiger partial charge in [-0.05, 0) is 37.0 Å². The number of carbonyl (C=O) groups is 1. The van der Waals surface area contributed by atoms with Gasteiger partial charge in [-0.15, -0.1) is 0 Å². The first-order valence-corrected chi connectivity index (χ1v) is 9.53. The van der Waals surface area contributed by atoms with Gasteiger partial charge in [-0.3, -0.25) is 4.79 Å². The van der Waals surface area contributed by atoms with Crippen LogP contribution in [0.5, 0.6) is 5.75 Å². The number of amides is 1. The molecule has 1 amide bonds. The molecular weight excluding hydrogens is 362 g/mol. The Kier molecular flexibility index (Phi) is 7.39. The fourth-order valence-corrected chi connectivity index (χ4v) is 3.32. The normalized spacial score (nSPS) is 16.9. The van der Waals surface area contributed by atoms with Crippen LogP contribution in [0.4, 0.5) is 0 Å². The van der Waals surface area contributed by atoms with E-state index in [9.17, 15) is 4.79 Å². The molecule has 0 radical (unpaired) electrons. The predicted molar refractivity (Wildman–Crippen MR) is 101 cm³/mol. The maximum Gasteiger partial charge on any atom is 0.252 e. The number of likely N-dealkylation sites (tertiary alicyclic amines) is 1. The van der Waals surface area contributed by atoms with Crippen molar-refractivity contribution in [2.45, 2.75) is 38.3 Å². The van der Waals surface area contributed by atoms with E-state index < -0.39 is 0 Å². The fourth-order valence-electron chi connectivity index (χ4n) is 3.32. The molecule has 8 heteroatoms. The number of rotatable bonds is 9. The van der Waals surface area contributed by atoms with Crippen molar-refractivity contribution in [1.82, 2.24) is 15.0 Å². The molecule has 152 valence electrons. The molecule has 2 aromatic rings. The monoisotopic (exact) mass is 389 g/mol. The van der Waals surface area contributed by atoms with Crippen molar-refractivity contribution < 1.29 is 23.5 Å². The molecule has 0 bridgehead atoms. The Morgan fingerprint density at radius 1 is 1.29 bits per heavy atom. The van der Waals surface area contributed by atoms with E-state index in [2.05, 4.69) is 10.1 Å². The van der Waals surface area contributed by atoms with Gasteiger partial charge < -0.3 is 23.6 Å². The number of methoxy groups -OCH3 is 2. The minimum absolute atomic E-state index is 0.0562. The summed E-state index contributed by atoms with van der Waals surface area (Å²) >= 11 is 0. The molecular formula is C20H27N3O5. The Bertz CT molecular complexity index is 764. The summed E-state index contributed by atoms with van der Waals surface area (Å²) in [5, 5.41) is 4.09. The van der Waals surface area contributed by atoms with Crippen molar-refractivity contribution in [3.8, 4) is 5.75 Å². The lowest BCUT2D eigenvalue weighted by Gasteiger charge is -2.34. The fraction of sp³-hybridized carbons (Fsp3) is 0.550. The molecule has 3 rings (SSSR count). The SMILES string of the molecule is COCCOCc1nc(C2CCCCN2C(=O)Cc2cccc(OC)c2)no1. The minimum Gasteiger partial charge on any atom is -0.497 e. The predicted octanol–water partition coefficient (Wildman–Crippen LogP) is 2.54. The first-order valence-electron chi connectivity index (χ1n) is 9.53. The van der Waals surface area contributed by atoms with Gasteiger partial charge in [-0.25, -0.2) is 0 Å². The lowest BCUT2D eigenvalue weighted by Crippen LogP contribution is -2.39. The zero-order chi connectivity index (χ0) is 19.8. The van der Waals surface area contributed by atoms with Gasteiger partial charge in [0.2, 0.25) is 5.91 Å². The van der Waals surface area contributed by atoms with Gasteiger partial charge in [-0.2, -0.15) is 4.98 Å². The molecule has 1 aromatic heterocycles. The van der Waals surface area contributed by atoms with Crippen molar-refractivity contribution >= 4 is 5.91 Å². The molecule has 0 spiro atoms. The quantitative estimate of drug-likeness (QED) is 0.609.